The molecule has 0 aromatic rings. The summed E-state index contributed by atoms with van der Waals surface area (Å²) in [6.07, 6.45) is 4.83. The molecule has 23 heteroatoms. The van der Waals surface area contributed by atoms with Crippen LogP contribution < -0.4 is 21.3 Å². The number of hydrogen-bond acceptors (Lipinski definition) is 12. The van der Waals surface area contributed by atoms with E-state index in [1.54, 1.807) is 54.5 Å². The summed E-state index contributed by atoms with van der Waals surface area (Å²) in [5.74, 6) is -9.29. The molecule has 12 atom stereocenters. The molecule has 1 aliphatic carbocycles. The zero-order valence-corrected chi connectivity index (χ0v) is 55.5. The quantitative estimate of drug-likeness (QED) is 0.148. The third kappa shape index (κ3) is 20.8. The molecule has 0 aromatic heterocycles. The van der Waals surface area contributed by atoms with E-state index in [0.717, 1.165) is 22.6 Å². The first-order valence-electron chi connectivity index (χ1n) is 30.7. The van der Waals surface area contributed by atoms with Gasteiger partial charge in [0, 0.05) is 49.3 Å². The number of nitrogens with zero attached hydrogens (tertiary/aromatic N) is 7. The van der Waals surface area contributed by atoms with Gasteiger partial charge in [-0.2, -0.15) is 0 Å². The molecule has 0 radical (unpaired) electrons. The first-order chi connectivity index (χ1) is 39.4. The molecule has 5 N–H and O–H groups in total. The monoisotopic (exact) mass is 1200 g/mol. The predicted octanol–water partition coefficient (Wildman–Crippen LogP) is 3.02. The van der Waals surface area contributed by atoms with Crippen LogP contribution in [-0.2, 0) is 52.7 Å². The van der Waals surface area contributed by atoms with Crippen molar-refractivity contribution in [2.24, 2.45) is 41.4 Å². The molecule has 85 heavy (non-hydrogen) atoms. The van der Waals surface area contributed by atoms with Gasteiger partial charge in [0.1, 0.15) is 60.4 Å². The number of aliphatic hydroxyl groups excluding tert-OH is 1. The van der Waals surface area contributed by atoms with Gasteiger partial charge < -0.3 is 60.7 Å². The van der Waals surface area contributed by atoms with Crippen molar-refractivity contribution in [2.75, 3.05) is 55.9 Å². The lowest BCUT2D eigenvalue weighted by atomic mass is 9.91. The standard InChI is InChI=1S/C62H109N11O12/c1-23-25-26-39(13)52(75)51-56(79)65-43(24-2)58(81)67(16)33-48(74)68(17)45(32-42-27-28-42)55(78)66-49(37(9)10)61(84)69(18)44(29-34(3)4)54(77)63-40(14)53(76)64-41(15)57(80)70(19)46(30-35(5)6)59(82)71(20)47(31-36(7)8)60(83)72(21)50(38(11)12)62(85)73(51)22/h23,25,34-47,49-52,75H,24,26-33H2,1-22H3,(H,63,77)(H,64,76)(H,65,79)(H,66,78)/b25-23+/t39-,40+,41-,43+,44+,45+,46+,47+,49+,50+,51+,52-/m1/s1. The smallest absolute Gasteiger partial charge is 0.246 e. The largest absolute Gasteiger partial charge is 0.390 e. The Kier molecular flexibility index (Phi) is 29.7. The Morgan fingerprint density at radius 1 is 0.494 bits per heavy atom. The van der Waals surface area contributed by atoms with E-state index in [2.05, 4.69) is 21.3 Å². The van der Waals surface area contributed by atoms with Gasteiger partial charge in [-0.3, -0.25) is 52.7 Å². The first-order valence-corrected chi connectivity index (χ1v) is 30.7. The van der Waals surface area contributed by atoms with Gasteiger partial charge in [0.15, 0.2) is 0 Å². The second-order valence-corrected chi connectivity index (χ2v) is 26.1. The number of likely N-dealkylation sites (N-methyl/N-ethyl adjacent to an activating group) is 7. The fraction of sp³-hybridized carbons (Fsp3) is 0.790. The highest BCUT2D eigenvalue weighted by Gasteiger charge is 2.46. The minimum atomic E-state index is -1.60. The van der Waals surface area contributed by atoms with Crippen LogP contribution in [0.15, 0.2) is 12.2 Å². The summed E-state index contributed by atoms with van der Waals surface area (Å²) in [6, 6.07) is -12.2. The van der Waals surface area contributed by atoms with Crippen LogP contribution in [-0.4, -0.2) is 227 Å². The molecule has 23 nitrogen and oxygen atoms in total. The van der Waals surface area contributed by atoms with Crippen LogP contribution in [0.2, 0.25) is 0 Å². The van der Waals surface area contributed by atoms with Gasteiger partial charge in [-0.05, 0) is 101 Å². The molecule has 2 rings (SSSR count). The topological polar surface area (TPSA) is 279 Å². The van der Waals surface area contributed by atoms with Crippen LogP contribution in [0.5, 0.6) is 0 Å². The van der Waals surface area contributed by atoms with E-state index >= 15 is 9.59 Å². The Bertz CT molecular complexity index is 2360. The Morgan fingerprint density at radius 3 is 1.42 bits per heavy atom. The van der Waals surface area contributed by atoms with Crippen molar-refractivity contribution in [2.45, 2.75) is 222 Å². The molecule has 1 heterocycles. The van der Waals surface area contributed by atoms with Crippen LogP contribution in [0, 0.1) is 41.4 Å². The Morgan fingerprint density at radius 2 is 0.953 bits per heavy atom. The summed E-state index contributed by atoms with van der Waals surface area (Å²) in [4.78, 5) is 169. The Balaban J connectivity index is 2.94. The minimum Gasteiger partial charge on any atom is -0.390 e. The maximum absolute atomic E-state index is 15.1. The van der Waals surface area contributed by atoms with Crippen LogP contribution in [0.3, 0.4) is 0 Å². The molecule has 11 amide bonds. The van der Waals surface area contributed by atoms with Crippen molar-refractivity contribution in [1.29, 1.82) is 0 Å². The third-order valence-electron chi connectivity index (χ3n) is 16.6. The number of amides is 11. The molecule has 0 bridgehead atoms. The molecular weight excluding hydrogens is 1090 g/mol. The molecular formula is C62H109N11O12. The predicted molar refractivity (Wildman–Crippen MR) is 326 cm³/mol. The summed E-state index contributed by atoms with van der Waals surface area (Å²) in [6.45, 7) is 25.7. The highest BCUT2D eigenvalue weighted by molar-refractivity contribution is 5.99. The fourth-order valence-electron chi connectivity index (χ4n) is 10.9. The van der Waals surface area contributed by atoms with E-state index in [0.29, 0.717) is 6.42 Å². The van der Waals surface area contributed by atoms with Gasteiger partial charge in [0.25, 0.3) is 0 Å². The maximum Gasteiger partial charge on any atom is 0.246 e. The highest BCUT2D eigenvalue weighted by Crippen LogP contribution is 2.35. The third-order valence-corrected chi connectivity index (χ3v) is 16.6. The van der Waals surface area contributed by atoms with Crippen molar-refractivity contribution < 1.29 is 57.8 Å². The molecule has 0 aromatic carbocycles. The number of rotatable bonds is 15. The Labute approximate surface area is 507 Å². The number of hydrogen-bond donors (Lipinski definition) is 5. The van der Waals surface area contributed by atoms with Gasteiger partial charge in [-0.25, -0.2) is 0 Å². The van der Waals surface area contributed by atoms with Crippen molar-refractivity contribution in [1.82, 2.24) is 55.6 Å². The van der Waals surface area contributed by atoms with Gasteiger partial charge in [0.05, 0.1) is 12.6 Å². The zero-order valence-electron chi connectivity index (χ0n) is 55.5. The van der Waals surface area contributed by atoms with Crippen molar-refractivity contribution in [3.63, 3.8) is 0 Å². The van der Waals surface area contributed by atoms with E-state index < -0.39 is 156 Å². The van der Waals surface area contributed by atoms with Gasteiger partial charge in [0.2, 0.25) is 65.0 Å². The molecule has 2 aliphatic rings. The second-order valence-electron chi connectivity index (χ2n) is 26.1. The lowest BCUT2D eigenvalue weighted by Gasteiger charge is -2.41. The van der Waals surface area contributed by atoms with E-state index in [1.807, 2.05) is 47.6 Å². The van der Waals surface area contributed by atoms with Gasteiger partial charge in [-0.15, -0.1) is 0 Å². The fourth-order valence-corrected chi connectivity index (χ4v) is 10.9. The van der Waals surface area contributed by atoms with Crippen molar-refractivity contribution >= 4 is 65.0 Å². The summed E-state index contributed by atoms with van der Waals surface area (Å²) < 4.78 is 0. The van der Waals surface area contributed by atoms with Crippen molar-refractivity contribution in [3.05, 3.63) is 12.2 Å². The van der Waals surface area contributed by atoms with E-state index in [-0.39, 0.29) is 55.8 Å². The summed E-state index contributed by atoms with van der Waals surface area (Å²) >= 11 is 0. The van der Waals surface area contributed by atoms with Crippen LogP contribution in [0.25, 0.3) is 0 Å². The first kappa shape index (κ1) is 75.0. The molecule has 484 valence electrons. The number of carbonyl (C=O) groups is 11. The molecule has 1 saturated carbocycles. The average Bonchev–Trinajstić information content (AvgIpc) is 3.43. The lowest BCUT2D eigenvalue weighted by Crippen LogP contribution is -2.63. The maximum atomic E-state index is 15.1. The summed E-state index contributed by atoms with van der Waals surface area (Å²) in [7, 11) is 9.98. The second kappa shape index (κ2) is 33.7. The van der Waals surface area contributed by atoms with Crippen LogP contribution in [0.4, 0.5) is 0 Å². The van der Waals surface area contributed by atoms with Gasteiger partial charge >= 0.3 is 0 Å². The Hall–Kier alpha value is -6.13. The van der Waals surface area contributed by atoms with E-state index in [4.69, 9.17) is 0 Å². The summed E-state index contributed by atoms with van der Waals surface area (Å²) in [5.41, 5.74) is 0. The van der Waals surface area contributed by atoms with Crippen molar-refractivity contribution in [3.8, 4) is 0 Å². The van der Waals surface area contributed by atoms with Gasteiger partial charge in [-0.1, -0.05) is 108 Å². The van der Waals surface area contributed by atoms with Crippen LogP contribution in [0.1, 0.15) is 155 Å². The molecule has 1 saturated heterocycles. The average molecular weight is 1200 g/mol. The number of carbonyl (C=O) groups excluding carboxylic acids is 11. The molecule has 0 spiro atoms. The number of nitrogens with one attached hydrogen (secondary N) is 4. The van der Waals surface area contributed by atoms with E-state index in [9.17, 15) is 48.3 Å². The highest BCUT2D eigenvalue weighted by atomic mass is 16.3. The normalized spacial score (nSPS) is 27.7. The summed E-state index contributed by atoms with van der Waals surface area (Å²) in [5, 5.41) is 23.1. The minimum absolute atomic E-state index is 0.0311. The number of aliphatic hydroxyl groups is 1. The molecule has 0 unspecified atom stereocenters. The van der Waals surface area contributed by atoms with E-state index in [1.165, 1.54) is 87.7 Å². The zero-order chi connectivity index (χ0) is 65.4. The number of allylic oxidation sites excluding steroid dienone is 2. The molecule has 1 aliphatic heterocycles. The molecule has 2 fully saturated rings. The van der Waals surface area contributed by atoms with Crippen LogP contribution >= 0.6 is 0 Å². The lowest BCUT2D eigenvalue weighted by molar-refractivity contribution is -0.157. The SMILES string of the molecule is C/C=C/C[C@@H](C)[C@@H](O)[C@H]1C(=O)N[C@@H](CC)C(=O)N(C)CC(=O)N(C)[C@@H](CC2CC2)C(=O)N[C@@H](C(C)C)C(=O)N(C)[C@@H](CC(C)C)C(=O)N[C@@H](C)C(=O)N[C@H](C)C(=O)N(C)[C@@H](CC(C)C)C(=O)N(C)[C@@H](CC(C)C)C(=O)N(C)[C@@H](C(C)C)C(=O)N1C.